The van der Waals surface area contributed by atoms with E-state index in [1.807, 2.05) is 6.07 Å². The van der Waals surface area contributed by atoms with Crippen LogP contribution in [0.5, 0.6) is 5.88 Å². The standard InChI is InChI=1S/C22H24ClN5O2/c23-16-6-7-19-18(12-16)21(22(30)25-19)27-26-20(29)13-24-17-8-10-28(11-9-17)14-15-4-2-1-3-5-15/h1-7,12,17,24-25,30H,8-11,13-14H2. The average Bonchev–Trinajstić information content (AvgIpc) is 3.06. The van der Waals surface area contributed by atoms with E-state index in [2.05, 4.69) is 49.7 Å². The summed E-state index contributed by atoms with van der Waals surface area (Å²) in [7, 11) is 0. The lowest BCUT2D eigenvalue weighted by molar-refractivity contribution is -0.117. The molecule has 4 rings (SSSR count). The third-order valence-electron chi connectivity index (χ3n) is 5.35. The molecule has 0 aliphatic carbocycles. The zero-order valence-electron chi connectivity index (χ0n) is 16.5. The molecule has 1 aliphatic heterocycles. The topological polar surface area (TPSA) is 93.1 Å². The molecule has 0 unspecified atom stereocenters. The van der Waals surface area contributed by atoms with Crippen molar-refractivity contribution in [1.29, 1.82) is 0 Å². The third kappa shape index (κ3) is 5.05. The maximum absolute atomic E-state index is 12.1. The van der Waals surface area contributed by atoms with E-state index in [9.17, 15) is 9.90 Å². The number of nitrogens with zero attached hydrogens (tertiary/aromatic N) is 3. The van der Waals surface area contributed by atoms with Gasteiger partial charge in [0.25, 0.3) is 5.91 Å². The minimum Gasteiger partial charge on any atom is -0.493 e. The minimum atomic E-state index is -0.377. The van der Waals surface area contributed by atoms with Crippen molar-refractivity contribution in [3.63, 3.8) is 0 Å². The molecule has 1 fully saturated rings. The van der Waals surface area contributed by atoms with Crippen molar-refractivity contribution in [1.82, 2.24) is 15.2 Å². The number of benzene rings is 2. The van der Waals surface area contributed by atoms with Crippen LogP contribution in [0.4, 0.5) is 5.69 Å². The second-order valence-corrected chi connectivity index (χ2v) is 7.96. The van der Waals surface area contributed by atoms with Crippen LogP contribution in [0.2, 0.25) is 5.02 Å². The Balaban J connectivity index is 1.26. The van der Waals surface area contributed by atoms with Gasteiger partial charge in [-0.05, 0) is 49.7 Å². The molecule has 0 atom stereocenters. The normalized spacial score (nSPS) is 15.9. The molecular formula is C22H24ClN5O2. The molecule has 7 nitrogen and oxygen atoms in total. The molecule has 3 N–H and O–H groups in total. The lowest BCUT2D eigenvalue weighted by atomic mass is 10.0. The van der Waals surface area contributed by atoms with Gasteiger partial charge in [0.05, 0.1) is 12.1 Å². The number of amides is 1. The SMILES string of the molecule is O=C(CNC1CCN(Cc2ccccc2)CC1)N=Nc1c(O)[nH]c2ccc(Cl)cc12. The molecule has 3 aromatic rings. The molecule has 156 valence electrons. The highest BCUT2D eigenvalue weighted by atomic mass is 35.5. The monoisotopic (exact) mass is 425 g/mol. The summed E-state index contributed by atoms with van der Waals surface area (Å²) >= 11 is 6.01. The Labute approximate surface area is 179 Å². The van der Waals surface area contributed by atoms with Gasteiger partial charge in [0, 0.05) is 23.0 Å². The van der Waals surface area contributed by atoms with Gasteiger partial charge in [0.2, 0.25) is 5.88 Å². The van der Waals surface area contributed by atoms with Crippen molar-refractivity contribution in [3.05, 3.63) is 59.1 Å². The van der Waals surface area contributed by atoms with Gasteiger partial charge in [0.1, 0.15) is 0 Å². The molecule has 1 amide bonds. The van der Waals surface area contributed by atoms with Crippen LogP contribution in [0.15, 0.2) is 58.8 Å². The first-order valence-electron chi connectivity index (χ1n) is 10.0. The molecule has 0 bridgehead atoms. The number of halogens is 1. The van der Waals surface area contributed by atoms with Gasteiger partial charge in [-0.1, -0.05) is 41.9 Å². The Morgan fingerprint density at radius 1 is 1.20 bits per heavy atom. The quantitative estimate of drug-likeness (QED) is 0.510. The summed E-state index contributed by atoms with van der Waals surface area (Å²) < 4.78 is 0. The number of nitrogens with one attached hydrogen (secondary N) is 2. The van der Waals surface area contributed by atoms with E-state index >= 15 is 0 Å². The predicted molar refractivity (Wildman–Crippen MR) is 117 cm³/mol. The second kappa shape index (κ2) is 9.38. The van der Waals surface area contributed by atoms with Gasteiger partial charge >= 0.3 is 0 Å². The highest BCUT2D eigenvalue weighted by Gasteiger charge is 2.19. The Hall–Kier alpha value is -2.74. The Morgan fingerprint density at radius 2 is 1.97 bits per heavy atom. The summed E-state index contributed by atoms with van der Waals surface area (Å²) in [4.78, 5) is 17.4. The smallest absolute Gasteiger partial charge is 0.278 e. The van der Waals surface area contributed by atoms with Crippen molar-refractivity contribution < 1.29 is 9.90 Å². The van der Waals surface area contributed by atoms with Crippen molar-refractivity contribution >= 4 is 34.1 Å². The van der Waals surface area contributed by atoms with E-state index in [-0.39, 0.29) is 30.1 Å². The lowest BCUT2D eigenvalue weighted by Crippen LogP contribution is -2.43. The fourth-order valence-corrected chi connectivity index (χ4v) is 3.92. The molecule has 1 aromatic heterocycles. The number of hydrogen-bond acceptors (Lipinski definition) is 5. The lowest BCUT2D eigenvalue weighted by Gasteiger charge is -2.32. The summed E-state index contributed by atoms with van der Waals surface area (Å²) in [5.41, 5.74) is 2.22. The number of likely N-dealkylation sites (tertiary alicyclic amines) is 1. The largest absolute Gasteiger partial charge is 0.493 e. The summed E-state index contributed by atoms with van der Waals surface area (Å²) in [6.45, 7) is 3.06. The number of H-pyrrole nitrogens is 1. The number of aromatic amines is 1. The number of carbonyl (C=O) groups is 1. The number of azo groups is 1. The number of carbonyl (C=O) groups excluding carboxylic acids is 1. The summed E-state index contributed by atoms with van der Waals surface area (Å²) in [6, 6.07) is 15.9. The summed E-state index contributed by atoms with van der Waals surface area (Å²) in [5.74, 6) is -0.514. The first-order chi connectivity index (χ1) is 14.6. The Bertz CT molecular complexity index is 1040. The van der Waals surface area contributed by atoms with E-state index < -0.39 is 0 Å². The average molecular weight is 426 g/mol. The fourth-order valence-electron chi connectivity index (χ4n) is 3.75. The number of fused-ring (bicyclic) bond motifs is 1. The van der Waals surface area contributed by atoms with Crippen LogP contribution in [-0.2, 0) is 11.3 Å². The molecule has 2 heterocycles. The van der Waals surface area contributed by atoms with Crippen molar-refractivity contribution in [2.75, 3.05) is 19.6 Å². The maximum Gasteiger partial charge on any atom is 0.278 e. The van der Waals surface area contributed by atoms with Crippen LogP contribution < -0.4 is 5.32 Å². The second-order valence-electron chi connectivity index (χ2n) is 7.52. The summed E-state index contributed by atoms with van der Waals surface area (Å²) in [5, 5.41) is 22.1. The molecule has 0 saturated carbocycles. The Morgan fingerprint density at radius 3 is 2.73 bits per heavy atom. The van der Waals surface area contributed by atoms with Gasteiger partial charge in [-0.15, -0.1) is 10.2 Å². The molecule has 1 aliphatic rings. The summed E-state index contributed by atoms with van der Waals surface area (Å²) in [6.07, 6.45) is 1.97. The molecule has 0 radical (unpaired) electrons. The van der Waals surface area contributed by atoms with Gasteiger partial charge in [-0.2, -0.15) is 0 Å². The number of rotatable bonds is 6. The van der Waals surface area contributed by atoms with E-state index in [0.29, 0.717) is 15.9 Å². The van der Waals surface area contributed by atoms with Gasteiger partial charge in [-0.25, -0.2) is 0 Å². The van der Waals surface area contributed by atoms with E-state index in [1.54, 1.807) is 18.2 Å². The van der Waals surface area contributed by atoms with Crippen LogP contribution in [-0.4, -0.2) is 46.6 Å². The molecule has 0 spiro atoms. The van der Waals surface area contributed by atoms with Crippen LogP contribution >= 0.6 is 11.6 Å². The highest BCUT2D eigenvalue weighted by molar-refractivity contribution is 6.31. The number of hydrogen-bond donors (Lipinski definition) is 3. The van der Waals surface area contributed by atoms with E-state index in [1.165, 1.54) is 5.56 Å². The van der Waals surface area contributed by atoms with Crippen molar-refractivity contribution in [2.24, 2.45) is 10.2 Å². The van der Waals surface area contributed by atoms with E-state index in [4.69, 9.17) is 11.6 Å². The Kier molecular flexibility index (Phi) is 6.42. The number of aromatic nitrogens is 1. The molecule has 30 heavy (non-hydrogen) atoms. The van der Waals surface area contributed by atoms with Crippen molar-refractivity contribution in [3.8, 4) is 5.88 Å². The number of aromatic hydroxyl groups is 1. The molecule has 2 aromatic carbocycles. The number of piperidine rings is 1. The van der Waals surface area contributed by atoms with E-state index in [0.717, 1.165) is 32.5 Å². The highest BCUT2D eigenvalue weighted by Crippen LogP contribution is 2.36. The first-order valence-corrected chi connectivity index (χ1v) is 10.4. The fraction of sp³-hybridized carbons (Fsp3) is 0.318. The molecule has 1 saturated heterocycles. The van der Waals surface area contributed by atoms with Crippen LogP contribution in [0.25, 0.3) is 10.9 Å². The van der Waals surface area contributed by atoms with Gasteiger partial charge in [-0.3, -0.25) is 9.69 Å². The predicted octanol–water partition coefficient (Wildman–Crippen LogP) is 4.39. The molecule has 8 heteroatoms. The van der Waals surface area contributed by atoms with Crippen LogP contribution in [0, 0.1) is 0 Å². The van der Waals surface area contributed by atoms with Crippen LogP contribution in [0.1, 0.15) is 18.4 Å². The molecular weight excluding hydrogens is 402 g/mol. The minimum absolute atomic E-state index is 0.122. The maximum atomic E-state index is 12.1. The zero-order chi connectivity index (χ0) is 20.9. The van der Waals surface area contributed by atoms with Gasteiger partial charge < -0.3 is 15.4 Å². The zero-order valence-corrected chi connectivity index (χ0v) is 17.3. The van der Waals surface area contributed by atoms with Crippen molar-refractivity contribution in [2.45, 2.75) is 25.4 Å². The first kappa shape index (κ1) is 20.5. The third-order valence-corrected chi connectivity index (χ3v) is 5.59. The van der Waals surface area contributed by atoms with Crippen LogP contribution in [0.3, 0.4) is 0 Å². The van der Waals surface area contributed by atoms with Gasteiger partial charge in [0.15, 0.2) is 5.69 Å².